The molecule has 1 aromatic carbocycles. The van der Waals surface area contributed by atoms with Gasteiger partial charge in [-0.1, -0.05) is 23.7 Å². The van der Waals surface area contributed by atoms with E-state index in [0.29, 0.717) is 5.02 Å². The van der Waals surface area contributed by atoms with Crippen molar-refractivity contribution in [3.8, 4) is 11.3 Å². The Morgan fingerprint density at radius 1 is 1.20 bits per heavy atom. The first-order valence-electron chi connectivity index (χ1n) is 4.62. The van der Waals surface area contributed by atoms with Crippen LogP contribution in [0, 0.1) is 0 Å². The van der Waals surface area contributed by atoms with Gasteiger partial charge in [0, 0.05) is 16.8 Å². The molecule has 0 saturated heterocycles. The van der Waals surface area contributed by atoms with E-state index in [4.69, 9.17) is 11.6 Å². The number of benzene rings is 1. The van der Waals surface area contributed by atoms with Gasteiger partial charge in [0.25, 0.3) is 0 Å². The summed E-state index contributed by atoms with van der Waals surface area (Å²) < 4.78 is 0. The summed E-state index contributed by atoms with van der Waals surface area (Å²) in [6.07, 6.45) is 1.72. The molecule has 0 fully saturated rings. The first kappa shape index (κ1) is 10.1. The number of pyridine rings is 1. The largest absolute Gasteiger partial charge is 0.392 e. The summed E-state index contributed by atoms with van der Waals surface area (Å²) in [6, 6.07) is 11.0. The molecule has 0 amide bonds. The Hall–Kier alpha value is -1.38. The first-order chi connectivity index (χ1) is 7.31. The van der Waals surface area contributed by atoms with E-state index in [1.807, 2.05) is 30.3 Å². The van der Waals surface area contributed by atoms with Gasteiger partial charge in [0.05, 0.1) is 12.3 Å². The van der Waals surface area contributed by atoms with Crippen LogP contribution in [0.25, 0.3) is 11.3 Å². The molecule has 0 aliphatic rings. The number of hydrogen-bond acceptors (Lipinski definition) is 2. The monoisotopic (exact) mass is 219 g/mol. The minimum absolute atomic E-state index is 0.0108. The second-order valence-electron chi connectivity index (χ2n) is 3.17. The van der Waals surface area contributed by atoms with Gasteiger partial charge >= 0.3 is 0 Å². The summed E-state index contributed by atoms with van der Waals surface area (Å²) in [6.45, 7) is -0.0108. The topological polar surface area (TPSA) is 33.1 Å². The van der Waals surface area contributed by atoms with Crippen LogP contribution in [-0.4, -0.2) is 10.1 Å². The Kier molecular flexibility index (Phi) is 2.99. The summed E-state index contributed by atoms with van der Waals surface area (Å²) >= 11 is 5.91. The number of aliphatic hydroxyl groups is 1. The molecule has 0 spiro atoms. The Labute approximate surface area is 93.2 Å². The fraction of sp³-hybridized carbons (Fsp3) is 0.0833. The zero-order chi connectivity index (χ0) is 10.7. The molecule has 0 aliphatic carbocycles. The minimum atomic E-state index is -0.0108. The Bertz CT molecular complexity index is 456. The lowest BCUT2D eigenvalue weighted by atomic mass is 10.0. The van der Waals surface area contributed by atoms with Gasteiger partial charge in [-0.25, -0.2) is 0 Å². The first-order valence-corrected chi connectivity index (χ1v) is 5.00. The fourth-order valence-corrected chi connectivity index (χ4v) is 1.62. The van der Waals surface area contributed by atoms with Crippen molar-refractivity contribution in [1.29, 1.82) is 0 Å². The molecular weight excluding hydrogens is 210 g/mol. The van der Waals surface area contributed by atoms with Crippen molar-refractivity contribution in [1.82, 2.24) is 4.98 Å². The third-order valence-corrected chi connectivity index (χ3v) is 2.42. The molecule has 2 rings (SSSR count). The maximum absolute atomic E-state index is 9.20. The molecule has 2 aromatic rings. The fourth-order valence-electron chi connectivity index (χ4n) is 1.45. The second-order valence-corrected chi connectivity index (χ2v) is 3.61. The van der Waals surface area contributed by atoms with E-state index in [0.717, 1.165) is 16.8 Å². The van der Waals surface area contributed by atoms with Crippen molar-refractivity contribution in [2.45, 2.75) is 6.61 Å². The van der Waals surface area contributed by atoms with Gasteiger partial charge in [0.15, 0.2) is 0 Å². The average molecular weight is 220 g/mol. The van der Waals surface area contributed by atoms with Crippen molar-refractivity contribution < 1.29 is 5.11 Å². The molecule has 0 radical (unpaired) electrons. The molecule has 2 nitrogen and oxygen atoms in total. The van der Waals surface area contributed by atoms with Gasteiger partial charge in [0.1, 0.15) is 0 Å². The lowest BCUT2D eigenvalue weighted by Crippen LogP contribution is -1.91. The summed E-state index contributed by atoms with van der Waals surface area (Å²) in [4.78, 5) is 4.23. The number of halogens is 1. The molecule has 0 aliphatic heterocycles. The standard InChI is InChI=1S/C12H10ClNO/c13-10-5-4-9(8-15)11(7-10)12-3-1-2-6-14-12/h1-7,15H,8H2. The van der Waals surface area contributed by atoms with Crippen LogP contribution in [0.15, 0.2) is 42.6 Å². The molecule has 1 aromatic heterocycles. The average Bonchev–Trinajstić information content (AvgIpc) is 2.30. The highest BCUT2D eigenvalue weighted by molar-refractivity contribution is 6.30. The zero-order valence-electron chi connectivity index (χ0n) is 8.02. The van der Waals surface area contributed by atoms with Crippen molar-refractivity contribution in [2.24, 2.45) is 0 Å². The Morgan fingerprint density at radius 2 is 2.07 bits per heavy atom. The van der Waals surface area contributed by atoms with Crippen LogP contribution in [0.5, 0.6) is 0 Å². The van der Waals surface area contributed by atoms with E-state index in [2.05, 4.69) is 4.98 Å². The highest BCUT2D eigenvalue weighted by Crippen LogP contribution is 2.25. The molecule has 3 heteroatoms. The van der Waals surface area contributed by atoms with E-state index in [9.17, 15) is 5.11 Å². The van der Waals surface area contributed by atoms with E-state index >= 15 is 0 Å². The van der Waals surface area contributed by atoms with Gasteiger partial charge in [0.2, 0.25) is 0 Å². The molecule has 1 heterocycles. The quantitative estimate of drug-likeness (QED) is 0.843. The molecule has 15 heavy (non-hydrogen) atoms. The van der Waals surface area contributed by atoms with Crippen molar-refractivity contribution in [3.63, 3.8) is 0 Å². The normalized spacial score (nSPS) is 10.3. The van der Waals surface area contributed by atoms with Crippen LogP contribution in [0.3, 0.4) is 0 Å². The predicted molar refractivity (Wildman–Crippen MR) is 60.6 cm³/mol. The van der Waals surface area contributed by atoms with E-state index in [-0.39, 0.29) is 6.61 Å². The third kappa shape index (κ3) is 2.17. The summed E-state index contributed by atoms with van der Waals surface area (Å²) in [7, 11) is 0. The highest BCUT2D eigenvalue weighted by Gasteiger charge is 2.05. The molecule has 1 N–H and O–H groups in total. The Balaban J connectivity index is 2.56. The summed E-state index contributed by atoms with van der Waals surface area (Å²) in [5.41, 5.74) is 2.53. The number of aromatic nitrogens is 1. The lowest BCUT2D eigenvalue weighted by Gasteiger charge is -2.06. The van der Waals surface area contributed by atoms with E-state index in [1.54, 1.807) is 12.3 Å². The van der Waals surface area contributed by atoms with Crippen LogP contribution in [0.1, 0.15) is 5.56 Å². The number of aliphatic hydroxyl groups excluding tert-OH is 1. The van der Waals surface area contributed by atoms with Crippen LogP contribution in [0.4, 0.5) is 0 Å². The maximum Gasteiger partial charge on any atom is 0.0706 e. The van der Waals surface area contributed by atoms with Gasteiger partial charge in [-0.3, -0.25) is 4.98 Å². The maximum atomic E-state index is 9.20. The predicted octanol–water partition coefficient (Wildman–Crippen LogP) is 2.89. The third-order valence-electron chi connectivity index (χ3n) is 2.18. The van der Waals surface area contributed by atoms with E-state index < -0.39 is 0 Å². The van der Waals surface area contributed by atoms with Crippen LogP contribution >= 0.6 is 11.6 Å². The van der Waals surface area contributed by atoms with Crippen molar-refractivity contribution >= 4 is 11.6 Å². The van der Waals surface area contributed by atoms with E-state index in [1.165, 1.54) is 0 Å². The van der Waals surface area contributed by atoms with Gasteiger partial charge < -0.3 is 5.11 Å². The molecule has 0 saturated carbocycles. The number of nitrogens with zero attached hydrogens (tertiary/aromatic N) is 1. The molecular formula is C12H10ClNO. The lowest BCUT2D eigenvalue weighted by molar-refractivity contribution is 0.282. The second kappa shape index (κ2) is 4.43. The van der Waals surface area contributed by atoms with Gasteiger partial charge in [-0.05, 0) is 29.8 Å². The Morgan fingerprint density at radius 3 is 2.73 bits per heavy atom. The van der Waals surface area contributed by atoms with Crippen LogP contribution < -0.4 is 0 Å². The molecule has 0 atom stereocenters. The zero-order valence-corrected chi connectivity index (χ0v) is 8.78. The van der Waals surface area contributed by atoms with Gasteiger partial charge in [-0.15, -0.1) is 0 Å². The van der Waals surface area contributed by atoms with Crippen molar-refractivity contribution in [3.05, 3.63) is 53.2 Å². The molecule has 0 bridgehead atoms. The summed E-state index contributed by atoms with van der Waals surface area (Å²) in [5, 5.41) is 9.85. The molecule has 76 valence electrons. The summed E-state index contributed by atoms with van der Waals surface area (Å²) in [5.74, 6) is 0. The highest BCUT2D eigenvalue weighted by atomic mass is 35.5. The molecule has 0 unspecified atom stereocenters. The van der Waals surface area contributed by atoms with Crippen molar-refractivity contribution in [2.75, 3.05) is 0 Å². The van der Waals surface area contributed by atoms with Crippen LogP contribution in [-0.2, 0) is 6.61 Å². The smallest absolute Gasteiger partial charge is 0.0706 e. The van der Waals surface area contributed by atoms with Gasteiger partial charge in [-0.2, -0.15) is 0 Å². The SMILES string of the molecule is OCc1ccc(Cl)cc1-c1ccccn1. The number of hydrogen-bond donors (Lipinski definition) is 1. The van der Waals surface area contributed by atoms with Crippen LogP contribution in [0.2, 0.25) is 5.02 Å². The minimum Gasteiger partial charge on any atom is -0.392 e. The number of rotatable bonds is 2.